The fourth-order valence-corrected chi connectivity index (χ4v) is 7.11. The van der Waals surface area contributed by atoms with Crippen molar-refractivity contribution in [2.45, 2.75) is 38.8 Å². The molecule has 0 saturated carbocycles. The van der Waals surface area contributed by atoms with Crippen LogP contribution in [0, 0.1) is 0 Å². The summed E-state index contributed by atoms with van der Waals surface area (Å²) in [6.45, 7) is 8.37. The molecule has 0 atom stereocenters. The van der Waals surface area contributed by atoms with Crippen LogP contribution in [-0.2, 0) is 4.52 Å². The van der Waals surface area contributed by atoms with E-state index < -0.39 is 7.49 Å². The lowest BCUT2D eigenvalue weighted by molar-refractivity contribution is 0.327. The van der Waals surface area contributed by atoms with Crippen LogP contribution >= 0.6 is 7.49 Å². The Balaban J connectivity index is 2.51. The Morgan fingerprint density at radius 2 is 1.30 bits per heavy atom. The number of unbranched alkanes of at least 4 members (excludes halogenated alkanes) is 1. The van der Waals surface area contributed by atoms with Crippen molar-refractivity contribution >= 4 is 18.1 Å². The molecule has 3 heteroatoms. The van der Waals surface area contributed by atoms with Gasteiger partial charge in [-0.2, -0.15) is 0 Å². The zero-order valence-electron chi connectivity index (χ0n) is 14.5. The fraction of sp³-hybridized carbons (Fsp3) is 0.400. The lowest BCUT2D eigenvalue weighted by atomic mass is 10.3. The quantitative estimate of drug-likeness (QED) is 0.612. The molecule has 0 spiro atoms. The van der Waals surface area contributed by atoms with Crippen LogP contribution in [0.15, 0.2) is 60.7 Å². The van der Waals surface area contributed by atoms with Crippen LogP contribution in [-0.4, -0.2) is 18.3 Å². The van der Waals surface area contributed by atoms with Crippen molar-refractivity contribution in [2.24, 2.45) is 5.73 Å². The third kappa shape index (κ3) is 4.01. The van der Waals surface area contributed by atoms with Gasteiger partial charge in [-0.15, -0.1) is 0 Å². The lowest BCUT2D eigenvalue weighted by Gasteiger charge is -2.36. The van der Waals surface area contributed by atoms with E-state index in [4.69, 9.17) is 10.3 Å². The van der Waals surface area contributed by atoms with Gasteiger partial charge in [-0.25, -0.2) is 4.52 Å². The van der Waals surface area contributed by atoms with Crippen LogP contribution in [0.25, 0.3) is 0 Å². The third-order valence-electron chi connectivity index (χ3n) is 4.07. The predicted molar refractivity (Wildman–Crippen MR) is 103 cm³/mol. The number of benzene rings is 2. The van der Waals surface area contributed by atoms with Crippen LogP contribution in [0.1, 0.15) is 33.6 Å². The highest BCUT2D eigenvalue weighted by Gasteiger charge is 2.55. The summed E-state index contributed by atoms with van der Waals surface area (Å²) in [7, 11) is -1.97. The molecule has 0 radical (unpaired) electrons. The highest BCUT2D eigenvalue weighted by molar-refractivity contribution is 7.86. The van der Waals surface area contributed by atoms with Crippen molar-refractivity contribution in [3.8, 4) is 0 Å². The summed E-state index contributed by atoms with van der Waals surface area (Å²) in [4.78, 5) is 0. The first-order valence-corrected chi connectivity index (χ1v) is 10.1. The summed E-state index contributed by atoms with van der Waals surface area (Å²) >= 11 is 0. The van der Waals surface area contributed by atoms with E-state index in [1.54, 1.807) is 0 Å². The Hall–Kier alpha value is -1.21. The summed E-state index contributed by atoms with van der Waals surface area (Å²) in [6.07, 6.45) is 2.02. The summed E-state index contributed by atoms with van der Waals surface area (Å²) in [5, 5.41) is 2.65. The van der Waals surface area contributed by atoms with Crippen molar-refractivity contribution in [2.75, 3.05) is 13.2 Å². The highest BCUT2D eigenvalue weighted by atomic mass is 31.2. The molecular formula is C20H29NOP+. The van der Waals surface area contributed by atoms with Gasteiger partial charge in [0.2, 0.25) is 7.49 Å². The minimum Gasteiger partial charge on any atom is -0.330 e. The van der Waals surface area contributed by atoms with E-state index in [0.717, 1.165) is 26.0 Å². The standard InChI is InChI=1S/C20H29NOP/c1-20(2,3)23(22-17-11-10-16-21,18-12-6-4-7-13-18)19-14-8-5-9-15-19/h4-9,12-15H,10-11,16-17,21H2,1-3H3/q+1. The molecule has 2 N–H and O–H groups in total. The molecular weight excluding hydrogens is 301 g/mol. The molecule has 124 valence electrons. The van der Waals surface area contributed by atoms with Crippen LogP contribution in [0.3, 0.4) is 0 Å². The first kappa shape index (κ1) is 18.1. The van der Waals surface area contributed by atoms with Crippen LogP contribution in [0.2, 0.25) is 0 Å². The Morgan fingerprint density at radius 1 is 0.826 bits per heavy atom. The van der Waals surface area contributed by atoms with E-state index in [0.29, 0.717) is 0 Å². The summed E-state index contributed by atoms with van der Waals surface area (Å²) in [5.41, 5.74) is 5.64. The van der Waals surface area contributed by atoms with Crippen LogP contribution in [0.5, 0.6) is 0 Å². The number of nitrogens with two attached hydrogens (primary N) is 1. The highest BCUT2D eigenvalue weighted by Crippen LogP contribution is 2.67. The maximum Gasteiger partial charge on any atom is 0.215 e. The number of hydrogen-bond donors (Lipinski definition) is 1. The molecule has 0 saturated heterocycles. The van der Waals surface area contributed by atoms with Gasteiger partial charge in [0.05, 0.1) is 6.61 Å². The van der Waals surface area contributed by atoms with Gasteiger partial charge in [0, 0.05) is 0 Å². The molecule has 0 aliphatic rings. The first-order valence-electron chi connectivity index (χ1n) is 8.37. The minimum absolute atomic E-state index is 0.0262. The fourth-order valence-electron chi connectivity index (χ4n) is 2.99. The molecule has 2 nitrogen and oxygen atoms in total. The van der Waals surface area contributed by atoms with Gasteiger partial charge in [-0.1, -0.05) is 36.4 Å². The Labute approximate surface area is 141 Å². The Morgan fingerprint density at radius 3 is 1.70 bits per heavy atom. The molecule has 0 amide bonds. The maximum absolute atomic E-state index is 6.72. The van der Waals surface area contributed by atoms with E-state index in [2.05, 4.69) is 81.4 Å². The molecule has 0 bridgehead atoms. The number of rotatable bonds is 7. The Bertz CT molecular complexity index is 538. The van der Waals surface area contributed by atoms with Crippen molar-refractivity contribution in [1.29, 1.82) is 0 Å². The van der Waals surface area contributed by atoms with Crippen LogP contribution in [0.4, 0.5) is 0 Å². The first-order chi connectivity index (χ1) is 11.0. The second-order valence-electron chi connectivity index (χ2n) is 6.78. The van der Waals surface area contributed by atoms with E-state index in [1.807, 2.05) is 0 Å². The molecule has 0 aromatic heterocycles. The van der Waals surface area contributed by atoms with Crippen molar-refractivity contribution in [3.05, 3.63) is 60.7 Å². The molecule has 2 aromatic carbocycles. The zero-order chi connectivity index (χ0) is 16.8. The average Bonchev–Trinajstić information content (AvgIpc) is 2.55. The smallest absolute Gasteiger partial charge is 0.215 e. The molecule has 23 heavy (non-hydrogen) atoms. The average molecular weight is 330 g/mol. The van der Waals surface area contributed by atoms with Crippen LogP contribution < -0.4 is 16.3 Å². The summed E-state index contributed by atoms with van der Waals surface area (Å²) < 4.78 is 6.72. The normalized spacial score (nSPS) is 12.3. The zero-order valence-corrected chi connectivity index (χ0v) is 15.4. The summed E-state index contributed by atoms with van der Waals surface area (Å²) in [6, 6.07) is 21.5. The molecule has 0 aliphatic carbocycles. The van der Waals surface area contributed by atoms with Gasteiger partial charge in [0.1, 0.15) is 15.8 Å². The molecule has 2 aromatic rings. The van der Waals surface area contributed by atoms with E-state index in [1.165, 1.54) is 10.6 Å². The minimum atomic E-state index is -1.97. The molecule has 0 unspecified atom stereocenters. The van der Waals surface area contributed by atoms with E-state index >= 15 is 0 Å². The van der Waals surface area contributed by atoms with Crippen molar-refractivity contribution in [1.82, 2.24) is 0 Å². The van der Waals surface area contributed by atoms with Gasteiger partial charge in [0.25, 0.3) is 0 Å². The van der Waals surface area contributed by atoms with Gasteiger partial charge in [-0.05, 0) is 64.4 Å². The second kappa shape index (κ2) is 8.06. The van der Waals surface area contributed by atoms with Gasteiger partial charge >= 0.3 is 0 Å². The van der Waals surface area contributed by atoms with Crippen molar-refractivity contribution in [3.63, 3.8) is 0 Å². The van der Waals surface area contributed by atoms with Gasteiger partial charge in [-0.3, -0.25) is 0 Å². The lowest BCUT2D eigenvalue weighted by Crippen LogP contribution is -2.37. The monoisotopic (exact) mass is 330 g/mol. The van der Waals surface area contributed by atoms with E-state index in [9.17, 15) is 0 Å². The summed E-state index contributed by atoms with van der Waals surface area (Å²) in [5.74, 6) is 0. The number of hydrogen-bond acceptors (Lipinski definition) is 2. The SMILES string of the molecule is CC(C)(C)[P+](OCCCCN)(c1ccccc1)c1ccccc1. The maximum atomic E-state index is 6.72. The van der Waals surface area contributed by atoms with Crippen molar-refractivity contribution < 1.29 is 4.52 Å². The molecule has 0 aliphatic heterocycles. The molecule has 0 heterocycles. The topological polar surface area (TPSA) is 35.2 Å². The third-order valence-corrected chi connectivity index (χ3v) is 8.58. The largest absolute Gasteiger partial charge is 0.330 e. The van der Waals surface area contributed by atoms with Gasteiger partial charge in [0.15, 0.2) is 0 Å². The molecule has 0 fully saturated rings. The molecule has 2 rings (SSSR count). The van der Waals surface area contributed by atoms with Gasteiger partial charge < -0.3 is 5.73 Å². The second-order valence-corrected chi connectivity index (χ2v) is 10.6. The van der Waals surface area contributed by atoms with E-state index in [-0.39, 0.29) is 5.16 Å². The Kier molecular flexibility index (Phi) is 6.35. The predicted octanol–water partition coefficient (Wildman–Crippen LogP) is 4.12.